The molecule has 0 bridgehead atoms. The van der Waals surface area contributed by atoms with Crippen LogP contribution in [0.5, 0.6) is 0 Å². The van der Waals surface area contributed by atoms with Crippen LogP contribution < -0.4 is 5.73 Å². The second-order valence-electron chi connectivity index (χ2n) is 4.33. The molecule has 0 aromatic carbocycles. The van der Waals surface area contributed by atoms with Crippen LogP contribution in [0, 0.1) is 0 Å². The lowest BCUT2D eigenvalue weighted by atomic mass is 10.1. The van der Waals surface area contributed by atoms with Crippen LogP contribution in [0.3, 0.4) is 0 Å². The molecule has 2 N–H and O–H groups in total. The average Bonchev–Trinajstić information content (AvgIpc) is 2.93. The third-order valence-electron chi connectivity index (χ3n) is 3.22. The fourth-order valence-electron chi connectivity index (χ4n) is 2.33. The molecule has 3 heterocycles. The first-order valence-corrected chi connectivity index (χ1v) is 5.85. The van der Waals surface area contributed by atoms with E-state index in [1.807, 2.05) is 0 Å². The Morgan fingerprint density at radius 2 is 2.26 bits per heavy atom. The fraction of sp³-hybridized carbons (Fsp3) is 0.154. The highest BCUT2D eigenvalue weighted by molar-refractivity contribution is 6.08. The molecule has 1 aliphatic rings. The number of rotatable bonds is 3. The maximum Gasteiger partial charge on any atom is 0.258 e. The van der Waals surface area contributed by atoms with Gasteiger partial charge in [0, 0.05) is 12.7 Å². The molecule has 0 saturated carbocycles. The Morgan fingerprint density at radius 1 is 1.47 bits per heavy atom. The number of anilines is 1. The van der Waals surface area contributed by atoms with Crippen molar-refractivity contribution < 1.29 is 4.79 Å². The van der Waals surface area contributed by atoms with Gasteiger partial charge in [0.15, 0.2) is 5.65 Å². The molecule has 1 amide bonds. The van der Waals surface area contributed by atoms with E-state index in [-0.39, 0.29) is 5.91 Å². The Hall–Kier alpha value is -2.63. The minimum absolute atomic E-state index is 0.104. The van der Waals surface area contributed by atoms with Gasteiger partial charge in [-0.3, -0.25) is 4.79 Å². The summed E-state index contributed by atoms with van der Waals surface area (Å²) in [6, 6.07) is 0. The van der Waals surface area contributed by atoms with Gasteiger partial charge in [0.05, 0.1) is 35.1 Å². The summed E-state index contributed by atoms with van der Waals surface area (Å²) in [5.41, 5.74) is 8.31. The zero-order chi connectivity index (χ0) is 13.6. The van der Waals surface area contributed by atoms with Crippen LogP contribution in [0.25, 0.3) is 17.2 Å². The molecular formula is C13H13N5O. The highest BCUT2D eigenvalue weighted by atomic mass is 16.2. The number of carbonyl (C=O) groups excluding carboxylic acids is 1. The molecule has 2 aromatic rings. The summed E-state index contributed by atoms with van der Waals surface area (Å²) in [6.45, 7) is 8.24. The van der Waals surface area contributed by atoms with Gasteiger partial charge in [0.1, 0.15) is 0 Å². The van der Waals surface area contributed by atoms with Crippen molar-refractivity contribution in [3.63, 3.8) is 0 Å². The van der Waals surface area contributed by atoms with Gasteiger partial charge in [0.2, 0.25) is 0 Å². The van der Waals surface area contributed by atoms with Gasteiger partial charge in [-0.25, -0.2) is 9.67 Å². The molecule has 6 nitrogen and oxygen atoms in total. The van der Waals surface area contributed by atoms with Crippen LogP contribution in [0.2, 0.25) is 0 Å². The molecule has 6 heteroatoms. The quantitative estimate of drug-likeness (QED) is 0.837. The van der Waals surface area contributed by atoms with Crippen molar-refractivity contribution in [2.45, 2.75) is 6.54 Å². The molecule has 0 spiro atoms. The smallest absolute Gasteiger partial charge is 0.258 e. The zero-order valence-corrected chi connectivity index (χ0v) is 10.3. The standard InChI is InChI=1S/C13H13N5O/c1-3-5-17-7-9-10(13(17)19)11(14)8-6-15-18(4-2)12(8)16-9/h3-4,6H,1-2,5,7H2,(H2,14,16). The second-order valence-corrected chi connectivity index (χ2v) is 4.33. The van der Waals surface area contributed by atoms with E-state index in [0.29, 0.717) is 41.1 Å². The fourth-order valence-corrected chi connectivity index (χ4v) is 2.33. The van der Waals surface area contributed by atoms with Crippen molar-refractivity contribution in [3.05, 3.63) is 36.7 Å². The lowest BCUT2D eigenvalue weighted by molar-refractivity contribution is 0.0797. The molecule has 3 rings (SSSR count). The summed E-state index contributed by atoms with van der Waals surface area (Å²) in [5, 5.41) is 4.78. The largest absolute Gasteiger partial charge is 0.397 e. The van der Waals surface area contributed by atoms with Crippen LogP contribution in [-0.2, 0) is 6.54 Å². The van der Waals surface area contributed by atoms with E-state index >= 15 is 0 Å². The van der Waals surface area contributed by atoms with Gasteiger partial charge >= 0.3 is 0 Å². The Labute approximate surface area is 109 Å². The van der Waals surface area contributed by atoms with Crippen LogP contribution >= 0.6 is 0 Å². The third-order valence-corrected chi connectivity index (χ3v) is 3.22. The molecule has 1 aliphatic heterocycles. The van der Waals surface area contributed by atoms with E-state index < -0.39 is 0 Å². The van der Waals surface area contributed by atoms with Crippen LogP contribution in [0.4, 0.5) is 5.69 Å². The summed E-state index contributed by atoms with van der Waals surface area (Å²) in [6.07, 6.45) is 4.84. The van der Waals surface area contributed by atoms with E-state index in [4.69, 9.17) is 5.73 Å². The monoisotopic (exact) mass is 255 g/mol. The molecule has 0 radical (unpaired) electrons. The number of hydrogen-bond acceptors (Lipinski definition) is 4. The summed E-state index contributed by atoms with van der Waals surface area (Å²) in [4.78, 5) is 18.4. The first-order valence-electron chi connectivity index (χ1n) is 5.85. The van der Waals surface area contributed by atoms with E-state index in [1.54, 1.807) is 28.1 Å². The van der Waals surface area contributed by atoms with Crippen molar-refractivity contribution in [3.8, 4) is 0 Å². The maximum absolute atomic E-state index is 12.2. The van der Waals surface area contributed by atoms with Gasteiger partial charge in [-0.05, 0) is 0 Å². The molecule has 0 unspecified atom stereocenters. The van der Waals surface area contributed by atoms with E-state index in [1.165, 1.54) is 0 Å². The van der Waals surface area contributed by atoms with Crippen molar-refractivity contribution >= 4 is 28.8 Å². The molecule has 2 aromatic heterocycles. The first kappa shape index (κ1) is 11.5. The number of aromatic nitrogens is 3. The molecule has 0 atom stereocenters. The number of hydrogen-bond donors (Lipinski definition) is 1. The predicted molar refractivity (Wildman–Crippen MR) is 73.3 cm³/mol. The van der Waals surface area contributed by atoms with E-state index in [9.17, 15) is 4.79 Å². The topological polar surface area (TPSA) is 77.0 Å². The lowest BCUT2D eigenvalue weighted by Gasteiger charge is -2.11. The number of fused-ring (bicyclic) bond motifs is 2. The Kier molecular flexibility index (Phi) is 2.38. The second kappa shape index (κ2) is 3.94. The highest BCUT2D eigenvalue weighted by Gasteiger charge is 2.31. The van der Waals surface area contributed by atoms with Gasteiger partial charge in [-0.1, -0.05) is 12.7 Å². The summed E-state index contributed by atoms with van der Waals surface area (Å²) in [7, 11) is 0. The van der Waals surface area contributed by atoms with Crippen molar-refractivity contribution in [1.82, 2.24) is 19.7 Å². The maximum atomic E-state index is 12.2. The van der Waals surface area contributed by atoms with Gasteiger partial charge in [-0.15, -0.1) is 6.58 Å². The van der Waals surface area contributed by atoms with Crippen LogP contribution in [-0.4, -0.2) is 32.1 Å². The molecule has 96 valence electrons. The van der Waals surface area contributed by atoms with E-state index in [0.717, 1.165) is 0 Å². The zero-order valence-electron chi connectivity index (χ0n) is 10.3. The number of nitrogens with zero attached hydrogens (tertiary/aromatic N) is 4. The summed E-state index contributed by atoms with van der Waals surface area (Å²) >= 11 is 0. The predicted octanol–water partition coefficient (Wildman–Crippen LogP) is 1.26. The van der Waals surface area contributed by atoms with Crippen LogP contribution in [0.1, 0.15) is 16.1 Å². The van der Waals surface area contributed by atoms with Gasteiger partial charge < -0.3 is 10.6 Å². The Bertz CT molecular complexity index is 715. The van der Waals surface area contributed by atoms with Crippen molar-refractivity contribution in [1.29, 1.82) is 0 Å². The van der Waals surface area contributed by atoms with Crippen molar-refractivity contribution in [2.24, 2.45) is 0 Å². The van der Waals surface area contributed by atoms with Gasteiger partial charge in [-0.2, -0.15) is 5.10 Å². The molecule has 19 heavy (non-hydrogen) atoms. The lowest BCUT2D eigenvalue weighted by Crippen LogP contribution is -2.24. The third kappa shape index (κ3) is 1.46. The molecule has 0 saturated heterocycles. The molecule has 0 fully saturated rings. The average molecular weight is 255 g/mol. The molecular weight excluding hydrogens is 242 g/mol. The minimum Gasteiger partial charge on any atom is -0.397 e. The minimum atomic E-state index is -0.104. The highest BCUT2D eigenvalue weighted by Crippen LogP contribution is 2.31. The molecule has 0 aliphatic carbocycles. The summed E-state index contributed by atoms with van der Waals surface area (Å²) < 4.78 is 1.55. The number of carbonyl (C=O) groups is 1. The SMILES string of the molecule is C=CCN1Cc2nc3c(cnn3C=C)c(N)c2C1=O. The number of amides is 1. The van der Waals surface area contributed by atoms with Crippen molar-refractivity contribution in [2.75, 3.05) is 12.3 Å². The van der Waals surface area contributed by atoms with E-state index in [2.05, 4.69) is 23.2 Å². The summed E-state index contributed by atoms with van der Waals surface area (Å²) in [5.74, 6) is -0.104. The Morgan fingerprint density at radius 3 is 2.95 bits per heavy atom. The normalized spacial score (nSPS) is 13.9. The Balaban J connectivity index is 2.23. The first-order chi connectivity index (χ1) is 9.17. The number of pyridine rings is 1. The van der Waals surface area contributed by atoms with Gasteiger partial charge in [0.25, 0.3) is 5.91 Å². The van der Waals surface area contributed by atoms with Crippen LogP contribution in [0.15, 0.2) is 25.4 Å². The number of nitrogen functional groups attached to an aromatic ring is 1. The number of nitrogens with two attached hydrogens (primary N) is 1.